The van der Waals surface area contributed by atoms with Gasteiger partial charge in [-0.3, -0.25) is 0 Å². The van der Waals surface area contributed by atoms with Gasteiger partial charge in [0, 0.05) is 6.04 Å². The van der Waals surface area contributed by atoms with Gasteiger partial charge in [0.05, 0.1) is 5.60 Å². The first-order valence-electron chi connectivity index (χ1n) is 7.15. The molecular formula is C16H25NO. The highest BCUT2D eigenvalue weighted by atomic mass is 16.3. The Morgan fingerprint density at radius 1 is 1.28 bits per heavy atom. The Balaban J connectivity index is 1.79. The van der Waals surface area contributed by atoms with Crippen molar-refractivity contribution in [3.63, 3.8) is 0 Å². The summed E-state index contributed by atoms with van der Waals surface area (Å²) in [7, 11) is 0. The van der Waals surface area contributed by atoms with Crippen molar-refractivity contribution in [2.24, 2.45) is 0 Å². The second-order valence-electron chi connectivity index (χ2n) is 5.83. The number of rotatable bonds is 5. The number of benzene rings is 1. The van der Waals surface area contributed by atoms with Crippen molar-refractivity contribution in [3.8, 4) is 0 Å². The monoisotopic (exact) mass is 247 g/mol. The summed E-state index contributed by atoms with van der Waals surface area (Å²) in [4.78, 5) is 0. The van der Waals surface area contributed by atoms with E-state index in [4.69, 9.17) is 0 Å². The molecule has 0 radical (unpaired) electrons. The molecule has 1 saturated heterocycles. The van der Waals surface area contributed by atoms with Gasteiger partial charge in [0.25, 0.3) is 0 Å². The van der Waals surface area contributed by atoms with Gasteiger partial charge < -0.3 is 10.4 Å². The number of aryl methyl sites for hydroxylation is 1. The van der Waals surface area contributed by atoms with Crippen LogP contribution < -0.4 is 5.32 Å². The number of piperidine rings is 1. The van der Waals surface area contributed by atoms with Crippen molar-refractivity contribution < 1.29 is 5.11 Å². The van der Waals surface area contributed by atoms with Crippen molar-refractivity contribution in [1.82, 2.24) is 5.32 Å². The second kappa shape index (κ2) is 6.35. The highest BCUT2D eigenvalue weighted by molar-refractivity contribution is 5.15. The van der Waals surface area contributed by atoms with Gasteiger partial charge in [0.2, 0.25) is 0 Å². The molecule has 0 aromatic heterocycles. The van der Waals surface area contributed by atoms with Crippen LogP contribution in [0.1, 0.15) is 44.6 Å². The lowest BCUT2D eigenvalue weighted by Gasteiger charge is -2.31. The first kappa shape index (κ1) is 13.6. The molecule has 1 aromatic carbocycles. The molecule has 0 saturated carbocycles. The van der Waals surface area contributed by atoms with E-state index in [2.05, 4.69) is 29.6 Å². The fraction of sp³-hybridized carbons (Fsp3) is 0.625. The Morgan fingerprint density at radius 3 is 2.72 bits per heavy atom. The maximum Gasteiger partial charge on any atom is 0.0637 e. The van der Waals surface area contributed by atoms with E-state index in [1.165, 1.54) is 24.8 Å². The van der Waals surface area contributed by atoms with Gasteiger partial charge in [-0.25, -0.2) is 0 Å². The lowest BCUT2D eigenvalue weighted by atomic mass is 9.87. The first-order valence-corrected chi connectivity index (χ1v) is 7.15. The molecule has 2 rings (SSSR count). The van der Waals surface area contributed by atoms with Crippen molar-refractivity contribution >= 4 is 0 Å². The zero-order valence-corrected chi connectivity index (χ0v) is 11.4. The molecule has 0 spiro atoms. The first-order chi connectivity index (χ1) is 8.66. The van der Waals surface area contributed by atoms with E-state index in [1.807, 2.05) is 13.0 Å². The maximum atomic E-state index is 10.5. The molecule has 0 amide bonds. The van der Waals surface area contributed by atoms with Gasteiger partial charge in [-0.1, -0.05) is 36.8 Å². The molecule has 2 atom stereocenters. The van der Waals surface area contributed by atoms with E-state index in [9.17, 15) is 5.11 Å². The molecule has 2 unspecified atom stereocenters. The number of nitrogens with one attached hydrogen (secondary N) is 1. The Morgan fingerprint density at radius 2 is 2.06 bits per heavy atom. The van der Waals surface area contributed by atoms with Gasteiger partial charge in [0.1, 0.15) is 0 Å². The van der Waals surface area contributed by atoms with Crippen LogP contribution in [0.15, 0.2) is 30.3 Å². The fourth-order valence-corrected chi connectivity index (χ4v) is 2.79. The molecule has 1 fully saturated rings. The third kappa shape index (κ3) is 4.43. The van der Waals surface area contributed by atoms with Crippen LogP contribution in [0.25, 0.3) is 0 Å². The molecule has 1 aromatic rings. The Hall–Kier alpha value is -0.860. The zero-order chi connectivity index (χ0) is 12.8. The van der Waals surface area contributed by atoms with E-state index in [0.29, 0.717) is 6.04 Å². The van der Waals surface area contributed by atoms with Crippen LogP contribution in [-0.2, 0) is 6.42 Å². The average Bonchev–Trinajstić information content (AvgIpc) is 2.38. The summed E-state index contributed by atoms with van der Waals surface area (Å²) in [6.45, 7) is 3.09. The molecule has 1 heterocycles. The SMILES string of the molecule is CC(O)(CCc1ccccc1)CC1CCCCN1. The van der Waals surface area contributed by atoms with Crippen molar-refractivity contribution in [2.75, 3.05) is 6.54 Å². The summed E-state index contributed by atoms with van der Waals surface area (Å²) in [6, 6.07) is 10.9. The minimum Gasteiger partial charge on any atom is -0.390 e. The smallest absolute Gasteiger partial charge is 0.0637 e. The summed E-state index contributed by atoms with van der Waals surface area (Å²) in [5.41, 5.74) is 0.763. The van der Waals surface area contributed by atoms with Gasteiger partial charge in [-0.2, -0.15) is 0 Å². The fourth-order valence-electron chi connectivity index (χ4n) is 2.79. The van der Waals surface area contributed by atoms with Gasteiger partial charge >= 0.3 is 0 Å². The average molecular weight is 247 g/mol. The van der Waals surface area contributed by atoms with E-state index >= 15 is 0 Å². The number of aliphatic hydroxyl groups is 1. The normalized spacial score (nSPS) is 23.6. The topological polar surface area (TPSA) is 32.3 Å². The Bertz CT molecular complexity index is 341. The number of hydrogen-bond acceptors (Lipinski definition) is 2. The minimum absolute atomic E-state index is 0.504. The summed E-state index contributed by atoms with van der Waals surface area (Å²) < 4.78 is 0. The van der Waals surface area contributed by atoms with Crippen LogP contribution in [0.2, 0.25) is 0 Å². The minimum atomic E-state index is -0.551. The van der Waals surface area contributed by atoms with Crippen LogP contribution >= 0.6 is 0 Å². The Labute approximate surface area is 110 Å². The Kier molecular flexibility index (Phi) is 4.79. The third-order valence-corrected chi connectivity index (χ3v) is 3.89. The van der Waals surface area contributed by atoms with Crippen LogP contribution in [0.5, 0.6) is 0 Å². The lowest BCUT2D eigenvalue weighted by Crippen LogP contribution is -2.41. The van der Waals surface area contributed by atoms with Crippen molar-refractivity contribution in [3.05, 3.63) is 35.9 Å². The van der Waals surface area contributed by atoms with Crippen LogP contribution in [0.4, 0.5) is 0 Å². The highest BCUT2D eigenvalue weighted by Gasteiger charge is 2.25. The maximum absolute atomic E-state index is 10.5. The molecule has 100 valence electrons. The molecule has 0 aliphatic carbocycles. The van der Waals surface area contributed by atoms with E-state index in [0.717, 1.165) is 25.8 Å². The van der Waals surface area contributed by atoms with Gasteiger partial charge in [-0.05, 0) is 51.1 Å². The predicted molar refractivity (Wildman–Crippen MR) is 75.6 cm³/mol. The van der Waals surface area contributed by atoms with Crippen LogP contribution in [0, 0.1) is 0 Å². The van der Waals surface area contributed by atoms with E-state index in [-0.39, 0.29) is 0 Å². The van der Waals surface area contributed by atoms with Crippen molar-refractivity contribution in [2.45, 2.75) is 57.1 Å². The third-order valence-electron chi connectivity index (χ3n) is 3.89. The van der Waals surface area contributed by atoms with Crippen molar-refractivity contribution in [1.29, 1.82) is 0 Å². The van der Waals surface area contributed by atoms with Gasteiger partial charge in [0.15, 0.2) is 0 Å². The second-order valence-corrected chi connectivity index (χ2v) is 5.83. The summed E-state index contributed by atoms with van der Waals surface area (Å²) >= 11 is 0. The summed E-state index contributed by atoms with van der Waals surface area (Å²) in [5.74, 6) is 0. The molecule has 1 aliphatic rings. The van der Waals surface area contributed by atoms with E-state index < -0.39 is 5.60 Å². The molecule has 2 heteroatoms. The quantitative estimate of drug-likeness (QED) is 0.838. The molecule has 2 nitrogen and oxygen atoms in total. The number of hydrogen-bond donors (Lipinski definition) is 2. The zero-order valence-electron chi connectivity index (χ0n) is 11.4. The molecule has 0 bridgehead atoms. The van der Waals surface area contributed by atoms with Gasteiger partial charge in [-0.15, -0.1) is 0 Å². The van der Waals surface area contributed by atoms with Crippen LogP contribution in [0.3, 0.4) is 0 Å². The predicted octanol–water partition coefficient (Wildman–Crippen LogP) is 2.90. The summed E-state index contributed by atoms with van der Waals surface area (Å²) in [5, 5.41) is 14.0. The molecule has 18 heavy (non-hydrogen) atoms. The molecule has 1 aliphatic heterocycles. The summed E-state index contributed by atoms with van der Waals surface area (Å²) in [6.07, 6.45) is 6.46. The molecular weight excluding hydrogens is 222 g/mol. The molecule has 2 N–H and O–H groups in total. The highest BCUT2D eigenvalue weighted by Crippen LogP contribution is 2.23. The lowest BCUT2D eigenvalue weighted by molar-refractivity contribution is 0.0288. The largest absolute Gasteiger partial charge is 0.390 e. The standard InChI is InChI=1S/C16H25NO/c1-16(18,13-15-9-5-6-12-17-15)11-10-14-7-3-2-4-8-14/h2-4,7-8,15,17-18H,5-6,9-13H2,1H3. The van der Waals surface area contributed by atoms with Crippen LogP contribution in [-0.4, -0.2) is 23.3 Å². The van der Waals surface area contributed by atoms with E-state index in [1.54, 1.807) is 0 Å².